The average molecular weight is 188 g/mol. The van der Waals surface area contributed by atoms with Gasteiger partial charge >= 0.3 is 0 Å². The highest BCUT2D eigenvalue weighted by Gasteiger charge is 2.04. The summed E-state index contributed by atoms with van der Waals surface area (Å²) in [6.07, 6.45) is 3.10. The Morgan fingerprint density at radius 3 is 2.38 bits per heavy atom. The third-order valence-electron chi connectivity index (χ3n) is 2.07. The molecule has 0 rings (SSSR count). The minimum absolute atomic E-state index is 0.264. The molecule has 0 aliphatic carbocycles. The van der Waals surface area contributed by atoms with Crippen LogP contribution >= 0.6 is 0 Å². The molecule has 4 heteroatoms. The van der Waals surface area contributed by atoms with E-state index in [4.69, 9.17) is 17.2 Å². The lowest BCUT2D eigenvalue weighted by atomic mass is 10.1. The fourth-order valence-corrected chi connectivity index (χ4v) is 1.18. The van der Waals surface area contributed by atoms with E-state index in [0.717, 1.165) is 32.4 Å². The Hall–Kier alpha value is -0.160. The van der Waals surface area contributed by atoms with E-state index in [0.29, 0.717) is 12.6 Å². The lowest BCUT2D eigenvalue weighted by Gasteiger charge is -2.16. The lowest BCUT2D eigenvalue weighted by molar-refractivity contribution is 0.460. The van der Waals surface area contributed by atoms with E-state index < -0.39 is 0 Å². The summed E-state index contributed by atoms with van der Waals surface area (Å²) >= 11 is 0. The van der Waals surface area contributed by atoms with Crippen LogP contribution in [-0.4, -0.2) is 31.7 Å². The number of hydrogen-bond acceptors (Lipinski definition) is 4. The van der Waals surface area contributed by atoms with Crippen molar-refractivity contribution in [3.63, 3.8) is 0 Å². The SMILES string of the molecule is CC(N)CCNC(CN)CCCN. The molecule has 0 fully saturated rings. The van der Waals surface area contributed by atoms with Crippen LogP contribution in [0.1, 0.15) is 26.2 Å². The molecular weight excluding hydrogens is 164 g/mol. The Morgan fingerprint density at radius 1 is 1.23 bits per heavy atom. The molecule has 0 saturated heterocycles. The van der Waals surface area contributed by atoms with Crippen molar-refractivity contribution in [3.05, 3.63) is 0 Å². The second kappa shape index (κ2) is 8.44. The standard InChI is InChI=1S/C9H24N4/c1-8(12)4-6-13-9(7-11)3-2-5-10/h8-9,13H,2-7,10-12H2,1H3. The predicted octanol–water partition coefficient (Wildman–Crippen LogP) is -0.620. The fourth-order valence-electron chi connectivity index (χ4n) is 1.18. The molecule has 0 aromatic heterocycles. The predicted molar refractivity (Wildman–Crippen MR) is 57.4 cm³/mol. The minimum atomic E-state index is 0.264. The first kappa shape index (κ1) is 12.8. The Kier molecular flexibility index (Phi) is 8.33. The van der Waals surface area contributed by atoms with Gasteiger partial charge < -0.3 is 22.5 Å². The Balaban J connectivity index is 3.36. The van der Waals surface area contributed by atoms with Gasteiger partial charge in [-0.3, -0.25) is 0 Å². The largest absolute Gasteiger partial charge is 0.330 e. The average Bonchev–Trinajstić information content (AvgIpc) is 2.10. The van der Waals surface area contributed by atoms with Gasteiger partial charge in [-0.2, -0.15) is 0 Å². The molecule has 13 heavy (non-hydrogen) atoms. The van der Waals surface area contributed by atoms with Crippen LogP contribution in [0.4, 0.5) is 0 Å². The number of nitrogens with two attached hydrogens (primary N) is 3. The van der Waals surface area contributed by atoms with E-state index in [1.54, 1.807) is 0 Å². The normalized spacial score (nSPS) is 15.7. The molecule has 4 nitrogen and oxygen atoms in total. The third kappa shape index (κ3) is 8.18. The first-order valence-electron chi connectivity index (χ1n) is 5.09. The minimum Gasteiger partial charge on any atom is -0.330 e. The van der Waals surface area contributed by atoms with Crippen molar-refractivity contribution in [3.8, 4) is 0 Å². The number of nitrogens with one attached hydrogen (secondary N) is 1. The molecule has 0 aromatic rings. The quantitative estimate of drug-likeness (QED) is 0.408. The van der Waals surface area contributed by atoms with Crippen molar-refractivity contribution in [2.45, 2.75) is 38.3 Å². The van der Waals surface area contributed by atoms with Gasteiger partial charge in [0.25, 0.3) is 0 Å². The van der Waals surface area contributed by atoms with Crippen LogP contribution in [0, 0.1) is 0 Å². The van der Waals surface area contributed by atoms with E-state index in [2.05, 4.69) is 5.32 Å². The maximum Gasteiger partial charge on any atom is 0.0190 e. The van der Waals surface area contributed by atoms with E-state index in [1.165, 1.54) is 0 Å². The van der Waals surface area contributed by atoms with Gasteiger partial charge in [-0.1, -0.05) is 0 Å². The summed E-state index contributed by atoms with van der Waals surface area (Å²) in [5, 5.41) is 3.38. The molecule has 0 saturated carbocycles. The number of hydrogen-bond donors (Lipinski definition) is 4. The Morgan fingerprint density at radius 2 is 1.92 bits per heavy atom. The van der Waals surface area contributed by atoms with Gasteiger partial charge in [-0.05, 0) is 39.3 Å². The van der Waals surface area contributed by atoms with Crippen molar-refractivity contribution >= 4 is 0 Å². The maximum atomic E-state index is 5.63. The zero-order chi connectivity index (χ0) is 10.1. The summed E-state index contributed by atoms with van der Waals surface area (Å²) in [6.45, 7) is 4.38. The van der Waals surface area contributed by atoms with Crippen LogP contribution in [-0.2, 0) is 0 Å². The smallest absolute Gasteiger partial charge is 0.0190 e. The lowest BCUT2D eigenvalue weighted by Crippen LogP contribution is -2.38. The monoisotopic (exact) mass is 188 g/mol. The highest BCUT2D eigenvalue weighted by molar-refractivity contribution is 4.68. The second-order valence-corrected chi connectivity index (χ2v) is 3.58. The molecular formula is C9H24N4. The van der Waals surface area contributed by atoms with Crippen LogP contribution in [0.2, 0.25) is 0 Å². The molecule has 80 valence electrons. The molecule has 0 aromatic carbocycles. The summed E-state index contributed by atoms with van der Waals surface area (Å²) in [5.41, 5.74) is 16.6. The maximum absolute atomic E-state index is 5.63. The van der Waals surface area contributed by atoms with Crippen molar-refractivity contribution in [2.75, 3.05) is 19.6 Å². The highest BCUT2D eigenvalue weighted by Crippen LogP contribution is 1.94. The molecule has 0 aliphatic rings. The zero-order valence-corrected chi connectivity index (χ0v) is 8.63. The number of rotatable bonds is 8. The molecule has 0 spiro atoms. The van der Waals surface area contributed by atoms with Gasteiger partial charge in [0.05, 0.1) is 0 Å². The van der Waals surface area contributed by atoms with E-state index in [9.17, 15) is 0 Å². The summed E-state index contributed by atoms with van der Waals surface area (Å²) in [4.78, 5) is 0. The molecule has 0 bridgehead atoms. The summed E-state index contributed by atoms with van der Waals surface area (Å²) < 4.78 is 0. The van der Waals surface area contributed by atoms with Gasteiger partial charge in [-0.15, -0.1) is 0 Å². The first-order chi connectivity index (χ1) is 6.20. The van der Waals surface area contributed by atoms with Gasteiger partial charge in [0, 0.05) is 18.6 Å². The topological polar surface area (TPSA) is 90.1 Å². The highest BCUT2D eigenvalue weighted by atomic mass is 14.9. The van der Waals surface area contributed by atoms with Crippen molar-refractivity contribution in [1.29, 1.82) is 0 Å². The first-order valence-corrected chi connectivity index (χ1v) is 5.09. The molecule has 0 radical (unpaired) electrons. The van der Waals surface area contributed by atoms with Crippen LogP contribution < -0.4 is 22.5 Å². The van der Waals surface area contributed by atoms with E-state index >= 15 is 0 Å². The van der Waals surface area contributed by atoms with Gasteiger partial charge in [0.15, 0.2) is 0 Å². The van der Waals surface area contributed by atoms with Gasteiger partial charge in [0.2, 0.25) is 0 Å². The third-order valence-corrected chi connectivity index (χ3v) is 2.07. The second-order valence-electron chi connectivity index (χ2n) is 3.58. The molecule has 0 heterocycles. The molecule has 2 atom stereocenters. The van der Waals surface area contributed by atoms with Crippen LogP contribution in [0.5, 0.6) is 0 Å². The van der Waals surface area contributed by atoms with E-state index in [1.807, 2.05) is 6.92 Å². The van der Waals surface area contributed by atoms with E-state index in [-0.39, 0.29) is 6.04 Å². The Labute approximate surface area is 81.2 Å². The molecule has 7 N–H and O–H groups in total. The van der Waals surface area contributed by atoms with Gasteiger partial charge in [0.1, 0.15) is 0 Å². The van der Waals surface area contributed by atoms with Crippen molar-refractivity contribution in [2.24, 2.45) is 17.2 Å². The van der Waals surface area contributed by atoms with Crippen LogP contribution in [0.15, 0.2) is 0 Å². The summed E-state index contributed by atoms with van der Waals surface area (Å²) in [6, 6.07) is 0.669. The van der Waals surface area contributed by atoms with Gasteiger partial charge in [-0.25, -0.2) is 0 Å². The molecule has 2 unspecified atom stereocenters. The fraction of sp³-hybridized carbons (Fsp3) is 1.00. The molecule has 0 amide bonds. The van der Waals surface area contributed by atoms with Crippen molar-refractivity contribution < 1.29 is 0 Å². The molecule has 0 aliphatic heterocycles. The summed E-state index contributed by atoms with van der Waals surface area (Å²) in [7, 11) is 0. The van der Waals surface area contributed by atoms with Crippen molar-refractivity contribution in [1.82, 2.24) is 5.32 Å². The zero-order valence-electron chi connectivity index (χ0n) is 8.63. The Bertz CT molecular complexity index is 106. The summed E-state index contributed by atoms with van der Waals surface area (Å²) in [5.74, 6) is 0. The van der Waals surface area contributed by atoms with Crippen LogP contribution in [0.25, 0.3) is 0 Å². The van der Waals surface area contributed by atoms with Crippen LogP contribution in [0.3, 0.4) is 0 Å².